The topological polar surface area (TPSA) is 23.8 Å². The van der Waals surface area contributed by atoms with Gasteiger partial charge in [0, 0.05) is 0 Å². The largest absolute Gasteiger partial charge is 1.00 e. The molecule has 0 N–H and O–H groups in total. The van der Waals surface area contributed by atoms with Crippen LogP contribution in [0.3, 0.4) is 0 Å². The molecule has 0 amide bonds. The number of nitrogens with zero attached hydrogens (tertiary/aromatic N) is 1. The summed E-state index contributed by atoms with van der Waals surface area (Å²) in [5.41, 5.74) is 0. The molecule has 38 valence electrons. The smallest absolute Gasteiger partial charge is 1.00 e. The number of hydrogen-bond donors (Lipinski definition) is 0. The van der Waals surface area contributed by atoms with Crippen LogP contribution in [0.4, 0.5) is 0 Å². The van der Waals surface area contributed by atoms with E-state index in [0.717, 1.165) is 0 Å². The second kappa shape index (κ2) is 105. The number of hydrogen-bond acceptors (Lipinski definition) is 1. The van der Waals surface area contributed by atoms with Gasteiger partial charge in [0.2, 0.25) is 0 Å². The first-order valence-corrected chi connectivity index (χ1v) is 0.224. The summed E-state index contributed by atoms with van der Waals surface area (Å²) < 4.78 is 0. The van der Waals surface area contributed by atoms with Crippen molar-refractivity contribution in [2.45, 2.75) is 0 Å². The molecule has 0 heterocycles. The van der Waals surface area contributed by atoms with Gasteiger partial charge in [0.15, 0.2) is 0 Å². The monoisotopic (exact) mass is 187 g/mol. The first-order valence-electron chi connectivity index (χ1n) is 0.224. The molecule has 4 heteroatoms. The fourth-order valence-electron chi connectivity index (χ4n) is 0. The minimum Gasteiger partial charge on any atom is -1.00 e. The standard InChI is InChI=1S/CN.ClH.2Cu/c1-2;;;/h;1H;;/q-1;;2*+1/p-1. The molecule has 0 aromatic rings. The second-order valence-electron chi connectivity index (χ2n) is 0. The van der Waals surface area contributed by atoms with Gasteiger partial charge in [0.05, 0.1) is 0 Å². The zero-order valence-electron chi connectivity index (χ0n) is 1.93. The summed E-state index contributed by atoms with van der Waals surface area (Å²) in [6.07, 6.45) is 0. The van der Waals surface area contributed by atoms with Crippen molar-refractivity contribution in [3.8, 4) is 0 Å². The molecular weight excluding hydrogens is 189 g/mol. The first kappa shape index (κ1) is 40.8. The Morgan fingerprint density at radius 1 is 1.00 bits per heavy atom. The molecule has 0 fully saturated rings. The fraction of sp³-hybridized carbons (Fsp3) is 0. The van der Waals surface area contributed by atoms with Crippen molar-refractivity contribution in [1.82, 2.24) is 0 Å². The molecule has 0 bridgehead atoms. The third-order valence-corrected chi connectivity index (χ3v) is 0. The Labute approximate surface area is 58.5 Å². The summed E-state index contributed by atoms with van der Waals surface area (Å²) in [5, 5.41) is 6.25. The summed E-state index contributed by atoms with van der Waals surface area (Å²) in [7, 11) is 0. The van der Waals surface area contributed by atoms with E-state index in [4.69, 9.17) is 11.8 Å². The van der Waals surface area contributed by atoms with Gasteiger partial charge < -0.3 is 24.2 Å². The Kier molecular flexibility index (Phi) is 856. The first-order chi connectivity index (χ1) is 1.00. The Morgan fingerprint density at radius 2 is 1.00 bits per heavy atom. The van der Waals surface area contributed by atoms with E-state index < -0.39 is 0 Å². The van der Waals surface area contributed by atoms with Gasteiger partial charge in [-0.05, 0) is 0 Å². The summed E-state index contributed by atoms with van der Waals surface area (Å²) in [6, 6.07) is 0. The minimum absolute atomic E-state index is 0. The van der Waals surface area contributed by atoms with Crippen LogP contribution in [-0.4, -0.2) is 0 Å². The molecule has 0 aliphatic carbocycles. The summed E-state index contributed by atoms with van der Waals surface area (Å²) in [4.78, 5) is 0. The SMILES string of the molecule is [C-]#N.[Cl-].[Cu+].[Cu+]. The van der Waals surface area contributed by atoms with E-state index in [9.17, 15) is 0 Å². The van der Waals surface area contributed by atoms with Gasteiger partial charge in [0.25, 0.3) is 0 Å². The van der Waals surface area contributed by atoms with Crippen LogP contribution in [0.1, 0.15) is 0 Å². The Hall–Kier alpha value is 0.819. The molecule has 0 aliphatic heterocycles. The molecular formula is CClCu2N. The number of rotatable bonds is 0. The minimum atomic E-state index is 0. The van der Waals surface area contributed by atoms with Gasteiger partial charge >= 0.3 is 34.1 Å². The van der Waals surface area contributed by atoms with Gasteiger partial charge in [0.1, 0.15) is 0 Å². The summed E-state index contributed by atoms with van der Waals surface area (Å²) >= 11 is 0. The van der Waals surface area contributed by atoms with Crippen LogP contribution < -0.4 is 12.4 Å². The van der Waals surface area contributed by atoms with Crippen LogP contribution in [0.15, 0.2) is 0 Å². The molecule has 0 unspecified atom stereocenters. The molecule has 0 aliphatic rings. The molecule has 0 saturated carbocycles. The van der Waals surface area contributed by atoms with Gasteiger partial charge in [-0.2, -0.15) is 0 Å². The summed E-state index contributed by atoms with van der Waals surface area (Å²) in [5.74, 6) is 0. The van der Waals surface area contributed by atoms with Crippen molar-refractivity contribution in [3.63, 3.8) is 0 Å². The second-order valence-corrected chi connectivity index (χ2v) is 0. The molecule has 0 rings (SSSR count). The maximum atomic E-state index is 6.25. The maximum Gasteiger partial charge on any atom is 1.00 e. The van der Waals surface area contributed by atoms with Gasteiger partial charge in [-0.25, -0.2) is 0 Å². The van der Waals surface area contributed by atoms with E-state index in [0.29, 0.717) is 0 Å². The molecule has 5 heavy (non-hydrogen) atoms. The van der Waals surface area contributed by atoms with Crippen molar-refractivity contribution in [3.05, 3.63) is 6.57 Å². The Morgan fingerprint density at radius 3 is 1.00 bits per heavy atom. The van der Waals surface area contributed by atoms with Crippen molar-refractivity contribution in [2.24, 2.45) is 0 Å². The van der Waals surface area contributed by atoms with Crippen molar-refractivity contribution in [1.29, 1.82) is 5.26 Å². The normalized spacial score (nSPS) is 0.400. The third-order valence-electron chi connectivity index (χ3n) is 0. The average molecular weight is 189 g/mol. The number of halogens is 1. The van der Waals surface area contributed by atoms with Crippen LogP contribution in [-0.2, 0) is 34.1 Å². The van der Waals surface area contributed by atoms with E-state index >= 15 is 0 Å². The van der Waals surface area contributed by atoms with Gasteiger partial charge in [-0.15, -0.1) is 0 Å². The molecule has 0 spiro atoms. The quantitative estimate of drug-likeness (QED) is 0.296. The molecule has 1 nitrogen and oxygen atoms in total. The maximum absolute atomic E-state index is 6.25. The molecule has 0 aromatic carbocycles. The van der Waals surface area contributed by atoms with E-state index in [1.807, 2.05) is 0 Å². The fourth-order valence-corrected chi connectivity index (χ4v) is 0. The molecule has 0 saturated heterocycles. The zero-order chi connectivity index (χ0) is 2.00. The average Bonchev–Trinajstić information content (AvgIpc) is 1.00. The van der Waals surface area contributed by atoms with E-state index in [2.05, 4.69) is 0 Å². The van der Waals surface area contributed by atoms with Gasteiger partial charge in [-0.3, -0.25) is 0 Å². The van der Waals surface area contributed by atoms with E-state index in [1.165, 1.54) is 0 Å². The van der Waals surface area contributed by atoms with Crippen molar-refractivity contribution >= 4 is 0 Å². The van der Waals surface area contributed by atoms with Crippen LogP contribution in [0.5, 0.6) is 0 Å². The Balaban J connectivity index is -0.00000000167. The van der Waals surface area contributed by atoms with E-state index in [1.54, 1.807) is 0 Å². The van der Waals surface area contributed by atoms with Crippen LogP contribution in [0, 0.1) is 11.8 Å². The predicted molar refractivity (Wildman–Crippen MR) is 4.97 cm³/mol. The van der Waals surface area contributed by atoms with Crippen molar-refractivity contribution in [2.75, 3.05) is 0 Å². The Bertz CT molecular complexity index is 14.4. The van der Waals surface area contributed by atoms with Crippen LogP contribution in [0.2, 0.25) is 0 Å². The summed E-state index contributed by atoms with van der Waals surface area (Å²) in [6.45, 7) is 4.75. The molecule has 0 aromatic heterocycles. The van der Waals surface area contributed by atoms with Crippen LogP contribution >= 0.6 is 0 Å². The predicted octanol–water partition coefficient (Wildman–Crippen LogP) is -2.90. The molecule has 0 radical (unpaired) electrons. The third kappa shape index (κ3) is 57.1. The van der Waals surface area contributed by atoms with Crippen molar-refractivity contribution < 1.29 is 46.5 Å². The molecule has 0 atom stereocenters. The van der Waals surface area contributed by atoms with Crippen LogP contribution in [0.25, 0.3) is 0 Å². The zero-order valence-corrected chi connectivity index (χ0v) is 4.57. The van der Waals surface area contributed by atoms with Gasteiger partial charge in [-0.1, -0.05) is 0 Å². The van der Waals surface area contributed by atoms with E-state index in [-0.39, 0.29) is 46.5 Å².